The van der Waals surface area contributed by atoms with Gasteiger partial charge in [0.25, 0.3) is 0 Å². The summed E-state index contributed by atoms with van der Waals surface area (Å²) in [5.41, 5.74) is 1.35. The van der Waals surface area contributed by atoms with E-state index in [0.717, 1.165) is 25.4 Å². The largest absolute Gasteiger partial charge is 0.456 e. The van der Waals surface area contributed by atoms with E-state index in [1.165, 1.54) is 12.0 Å². The molecule has 0 saturated carbocycles. The van der Waals surface area contributed by atoms with Crippen LogP contribution in [0.2, 0.25) is 5.02 Å². The monoisotopic (exact) mass is 331 g/mol. The standard InChI is InChI=1S/C20H26ClNO/c1-4-22(5-2)15-14-16(3)17-10-12-18(13-11-17)23-20-9-7-6-8-19(20)21/h6-13,16H,4-5,14-15H2,1-3H3. The van der Waals surface area contributed by atoms with Crippen LogP contribution in [0.4, 0.5) is 0 Å². The van der Waals surface area contributed by atoms with E-state index in [1.807, 2.05) is 36.4 Å². The molecule has 124 valence electrons. The van der Waals surface area contributed by atoms with Crippen LogP contribution in [0.1, 0.15) is 38.7 Å². The van der Waals surface area contributed by atoms with Gasteiger partial charge in [-0.2, -0.15) is 0 Å². The molecule has 0 N–H and O–H groups in total. The summed E-state index contributed by atoms with van der Waals surface area (Å²) < 4.78 is 5.84. The van der Waals surface area contributed by atoms with E-state index in [-0.39, 0.29) is 0 Å². The molecule has 2 nitrogen and oxygen atoms in total. The van der Waals surface area contributed by atoms with E-state index in [2.05, 4.69) is 37.8 Å². The van der Waals surface area contributed by atoms with Crippen LogP contribution in [-0.4, -0.2) is 24.5 Å². The van der Waals surface area contributed by atoms with Crippen molar-refractivity contribution in [1.29, 1.82) is 0 Å². The molecule has 0 amide bonds. The third kappa shape index (κ3) is 5.26. The maximum Gasteiger partial charge on any atom is 0.146 e. The van der Waals surface area contributed by atoms with Crippen LogP contribution in [0.15, 0.2) is 48.5 Å². The van der Waals surface area contributed by atoms with E-state index in [1.54, 1.807) is 0 Å². The molecule has 0 saturated heterocycles. The van der Waals surface area contributed by atoms with E-state index in [0.29, 0.717) is 16.7 Å². The Bertz CT molecular complexity index is 593. The van der Waals surface area contributed by atoms with Gasteiger partial charge in [0, 0.05) is 0 Å². The molecule has 1 atom stereocenters. The normalized spacial score (nSPS) is 12.4. The third-order valence-electron chi connectivity index (χ3n) is 4.29. The molecule has 0 heterocycles. The van der Waals surface area contributed by atoms with Gasteiger partial charge in [0.2, 0.25) is 0 Å². The molecular formula is C20H26ClNO. The smallest absolute Gasteiger partial charge is 0.146 e. The van der Waals surface area contributed by atoms with Gasteiger partial charge in [-0.15, -0.1) is 0 Å². The van der Waals surface area contributed by atoms with E-state index in [4.69, 9.17) is 16.3 Å². The van der Waals surface area contributed by atoms with Crippen LogP contribution in [0.3, 0.4) is 0 Å². The first-order valence-electron chi connectivity index (χ1n) is 8.38. The van der Waals surface area contributed by atoms with Crippen LogP contribution in [0.25, 0.3) is 0 Å². The Kier molecular flexibility index (Phi) is 6.94. The molecular weight excluding hydrogens is 306 g/mol. The van der Waals surface area contributed by atoms with Crippen molar-refractivity contribution in [3.05, 3.63) is 59.1 Å². The highest BCUT2D eigenvalue weighted by Gasteiger charge is 2.09. The highest BCUT2D eigenvalue weighted by Crippen LogP contribution is 2.30. The minimum Gasteiger partial charge on any atom is -0.456 e. The molecule has 2 aromatic rings. The Morgan fingerprint density at radius 3 is 2.26 bits per heavy atom. The zero-order valence-corrected chi connectivity index (χ0v) is 15.0. The molecule has 0 aromatic heterocycles. The van der Waals surface area contributed by atoms with Crippen molar-refractivity contribution < 1.29 is 4.74 Å². The fraction of sp³-hybridized carbons (Fsp3) is 0.400. The molecule has 2 aromatic carbocycles. The van der Waals surface area contributed by atoms with Gasteiger partial charge in [-0.05, 0) is 61.8 Å². The molecule has 0 aliphatic rings. The quantitative estimate of drug-likeness (QED) is 0.591. The molecule has 0 bridgehead atoms. The first-order valence-corrected chi connectivity index (χ1v) is 8.76. The number of benzene rings is 2. The Hall–Kier alpha value is -1.51. The Balaban J connectivity index is 1.95. The van der Waals surface area contributed by atoms with Gasteiger partial charge >= 0.3 is 0 Å². The van der Waals surface area contributed by atoms with E-state index < -0.39 is 0 Å². The predicted molar refractivity (Wildman–Crippen MR) is 98.8 cm³/mol. The Morgan fingerprint density at radius 1 is 1.00 bits per heavy atom. The fourth-order valence-electron chi connectivity index (χ4n) is 2.60. The van der Waals surface area contributed by atoms with Crippen LogP contribution in [-0.2, 0) is 0 Å². The molecule has 2 rings (SSSR count). The van der Waals surface area contributed by atoms with Crippen LogP contribution in [0.5, 0.6) is 11.5 Å². The fourth-order valence-corrected chi connectivity index (χ4v) is 2.78. The zero-order chi connectivity index (χ0) is 16.7. The highest BCUT2D eigenvalue weighted by atomic mass is 35.5. The minimum absolute atomic E-state index is 0.546. The number of halogens is 1. The maximum atomic E-state index is 6.12. The number of ether oxygens (including phenoxy) is 1. The number of hydrogen-bond acceptors (Lipinski definition) is 2. The first kappa shape index (κ1) is 17.8. The average molecular weight is 332 g/mol. The summed E-state index contributed by atoms with van der Waals surface area (Å²) in [6.07, 6.45) is 1.17. The lowest BCUT2D eigenvalue weighted by Crippen LogP contribution is -2.24. The topological polar surface area (TPSA) is 12.5 Å². The molecule has 1 unspecified atom stereocenters. The zero-order valence-electron chi connectivity index (χ0n) is 14.3. The number of rotatable bonds is 8. The van der Waals surface area contributed by atoms with Crippen LogP contribution in [0, 0.1) is 0 Å². The number of para-hydroxylation sites is 1. The van der Waals surface area contributed by atoms with Gasteiger partial charge < -0.3 is 9.64 Å². The molecule has 0 aliphatic heterocycles. The summed E-state index contributed by atoms with van der Waals surface area (Å²) >= 11 is 6.12. The summed E-state index contributed by atoms with van der Waals surface area (Å²) in [5, 5.41) is 0.629. The van der Waals surface area contributed by atoms with Crippen molar-refractivity contribution in [1.82, 2.24) is 4.90 Å². The summed E-state index contributed by atoms with van der Waals surface area (Å²) in [6.45, 7) is 10.1. The van der Waals surface area contributed by atoms with E-state index >= 15 is 0 Å². The van der Waals surface area contributed by atoms with Crippen LogP contribution < -0.4 is 4.74 Å². The molecule has 0 radical (unpaired) electrons. The molecule has 23 heavy (non-hydrogen) atoms. The van der Waals surface area contributed by atoms with Gasteiger partial charge in [0.1, 0.15) is 11.5 Å². The lowest BCUT2D eigenvalue weighted by molar-refractivity contribution is 0.292. The summed E-state index contributed by atoms with van der Waals surface area (Å²) in [5.74, 6) is 2.05. The van der Waals surface area contributed by atoms with Crippen molar-refractivity contribution >= 4 is 11.6 Å². The van der Waals surface area contributed by atoms with Gasteiger partial charge in [-0.25, -0.2) is 0 Å². The van der Waals surface area contributed by atoms with Gasteiger partial charge in [-0.3, -0.25) is 0 Å². The Labute approximate surface area is 145 Å². The average Bonchev–Trinajstić information content (AvgIpc) is 2.58. The highest BCUT2D eigenvalue weighted by molar-refractivity contribution is 6.32. The van der Waals surface area contributed by atoms with Crippen LogP contribution >= 0.6 is 11.6 Å². The number of hydrogen-bond donors (Lipinski definition) is 0. The minimum atomic E-state index is 0.546. The summed E-state index contributed by atoms with van der Waals surface area (Å²) in [4.78, 5) is 2.46. The van der Waals surface area contributed by atoms with Crippen molar-refractivity contribution in [2.75, 3.05) is 19.6 Å². The Morgan fingerprint density at radius 2 is 1.65 bits per heavy atom. The second-order valence-electron chi connectivity index (χ2n) is 5.82. The molecule has 0 fully saturated rings. The third-order valence-corrected chi connectivity index (χ3v) is 4.60. The van der Waals surface area contributed by atoms with E-state index in [9.17, 15) is 0 Å². The second-order valence-corrected chi connectivity index (χ2v) is 6.23. The predicted octanol–water partition coefficient (Wildman–Crippen LogP) is 5.97. The lowest BCUT2D eigenvalue weighted by Gasteiger charge is -2.20. The summed E-state index contributed by atoms with van der Waals surface area (Å²) in [6, 6.07) is 15.9. The van der Waals surface area contributed by atoms with Gasteiger partial charge in [-0.1, -0.05) is 56.6 Å². The molecule has 3 heteroatoms. The van der Waals surface area contributed by atoms with Crippen molar-refractivity contribution in [3.63, 3.8) is 0 Å². The van der Waals surface area contributed by atoms with Gasteiger partial charge in [0.05, 0.1) is 5.02 Å². The summed E-state index contributed by atoms with van der Waals surface area (Å²) in [7, 11) is 0. The van der Waals surface area contributed by atoms with Crippen molar-refractivity contribution in [2.24, 2.45) is 0 Å². The second kappa shape index (κ2) is 8.95. The maximum absolute atomic E-state index is 6.12. The van der Waals surface area contributed by atoms with Crippen molar-refractivity contribution in [2.45, 2.75) is 33.1 Å². The lowest BCUT2D eigenvalue weighted by atomic mass is 9.97. The molecule has 0 spiro atoms. The number of nitrogens with zero attached hydrogens (tertiary/aromatic N) is 1. The first-order chi connectivity index (χ1) is 11.1. The van der Waals surface area contributed by atoms with Gasteiger partial charge in [0.15, 0.2) is 0 Å². The van der Waals surface area contributed by atoms with Crippen molar-refractivity contribution in [3.8, 4) is 11.5 Å². The molecule has 0 aliphatic carbocycles. The SMILES string of the molecule is CCN(CC)CCC(C)c1ccc(Oc2ccccc2Cl)cc1.